The summed E-state index contributed by atoms with van der Waals surface area (Å²) in [5.41, 5.74) is 17.1. The number of aromatic nitrogens is 1. The highest BCUT2D eigenvalue weighted by atomic mass is 32.1. The highest BCUT2D eigenvalue weighted by Gasteiger charge is 2.52. The Morgan fingerprint density at radius 2 is 0.973 bits per heavy atom. The lowest BCUT2D eigenvalue weighted by Crippen LogP contribution is -2.32. The third-order valence-electron chi connectivity index (χ3n) is 15.6. The summed E-state index contributed by atoms with van der Waals surface area (Å²) < 4.78 is 2.55. The topological polar surface area (TPSA) is 11.4 Å². The Hall–Kier alpha value is -8.57. The van der Waals surface area contributed by atoms with Gasteiger partial charge in [0.05, 0.1) is 22.1 Å². The SMILES string of the molecule is SC1=C(C2(C3=CCCC=C3)c3cc(N(c4ccccc4)c4ccccc4)c4c(c3-c3c2c2ccccc2c2ccccc32)c2cc(N(c3ccccc3)c3ccccc3)ccc2n4-c2ccccc2)CCC=C1. The molecular weight excluding hydrogens is 903 g/mol. The first-order valence-electron chi connectivity index (χ1n) is 25.6. The predicted molar refractivity (Wildman–Crippen MR) is 312 cm³/mol. The van der Waals surface area contributed by atoms with Gasteiger partial charge >= 0.3 is 0 Å². The number of fused-ring (bicyclic) bond motifs is 12. The summed E-state index contributed by atoms with van der Waals surface area (Å²) in [6, 6.07) is 82.7. The van der Waals surface area contributed by atoms with Crippen LogP contribution in [0.2, 0.25) is 0 Å². The molecule has 0 radical (unpaired) electrons. The number of allylic oxidation sites excluding steroid dienone is 7. The summed E-state index contributed by atoms with van der Waals surface area (Å²) in [5.74, 6) is 0. The van der Waals surface area contributed by atoms with E-state index in [2.05, 4.69) is 269 Å². The summed E-state index contributed by atoms with van der Waals surface area (Å²) in [5, 5.41) is 7.47. The van der Waals surface area contributed by atoms with Crippen LogP contribution in [0.1, 0.15) is 36.8 Å². The van der Waals surface area contributed by atoms with Crippen molar-refractivity contribution in [1.29, 1.82) is 0 Å². The van der Waals surface area contributed by atoms with Gasteiger partial charge in [0.25, 0.3) is 0 Å². The van der Waals surface area contributed by atoms with Crippen molar-refractivity contribution in [3.63, 3.8) is 0 Å². The molecule has 11 aromatic rings. The van der Waals surface area contributed by atoms with Gasteiger partial charge in [-0.3, -0.25) is 0 Å². The van der Waals surface area contributed by atoms with Gasteiger partial charge in [-0.25, -0.2) is 0 Å². The molecule has 1 atom stereocenters. The summed E-state index contributed by atoms with van der Waals surface area (Å²) in [6.07, 6.45) is 15.8. The third kappa shape index (κ3) is 6.67. The normalized spacial score (nSPS) is 16.0. The average Bonchev–Trinajstić information content (AvgIpc) is 3.96. The molecule has 348 valence electrons. The number of anilines is 6. The molecule has 0 fully saturated rings. The molecule has 0 N–H and O–H groups in total. The molecule has 10 aromatic carbocycles. The second-order valence-corrected chi connectivity index (χ2v) is 19.9. The van der Waals surface area contributed by atoms with Crippen LogP contribution in [0.15, 0.2) is 271 Å². The Kier molecular flexibility index (Phi) is 10.4. The number of hydrogen-bond acceptors (Lipinski definition) is 3. The van der Waals surface area contributed by atoms with Gasteiger partial charge in [0.1, 0.15) is 0 Å². The van der Waals surface area contributed by atoms with Gasteiger partial charge in [-0.15, -0.1) is 12.6 Å². The Morgan fingerprint density at radius 1 is 0.438 bits per heavy atom. The summed E-state index contributed by atoms with van der Waals surface area (Å²) in [4.78, 5) is 5.95. The molecule has 4 heteroatoms. The van der Waals surface area contributed by atoms with Crippen molar-refractivity contribution in [2.75, 3.05) is 9.80 Å². The third-order valence-corrected chi connectivity index (χ3v) is 16.0. The molecule has 0 bridgehead atoms. The second kappa shape index (κ2) is 17.6. The lowest BCUT2D eigenvalue weighted by Gasteiger charge is -2.40. The smallest absolute Gasteiger partial charge is 0.0788 e. The molecular formula is C69H51N3S. The van der Waals surface area contributed by atoms with E-state index >= 15 is 0 Å². The van der Waals surface area contributed by atoms with E-state index in [0.717, 1.165) is 81.4 Å². The molecule has 0 aliphatic heterocycles. The van der Waals surface area contributed by atoms with E-state index in [-0.39, 0.29) is 0 Å². The number of nitrogens with zero attached hydrogens (tertiary/aromatic N) is 3. The van der Waals surface area contributed by atoms with Crippen molar-refractivity contribution in [3.8, 4) is 16.8 Å². The number of thiol groups is 1. The predicted octanol–water partition coefficient (Wildman–Crippen LogP) is 19.1. The Labute approximate surface area is 432 Å². The fraction of sp³-hybridized carbons (Fsp3) is 0.0725. The van der Waals surface area contributed by atoms with Gasteiger partial charge in [0.15, 0.2) is 0 Å². The van der Waals surface area contributed by atoms with E-state index < -0.39 is 5.41 Å². The Balaban J connectivity index is 1.27. The molecule has 1 unspecified atom stereocenters. The van der Waals surface area contributed by atoms with Gasteiger partial charge < -0.3 is 14.4 Å². The van der Waals surface area contributed by atoms with Crippen molar-refractivity contribution in [2.45, 2.75) is 31.1 Å². The van der Waals surface area contributed by atoms with E-state index in [9.17, 15) is 0 Å². The Bertz CT molecular complexity index is 4000. The zero-order valence-corrected chi connectivity index (χ0v) is 41.3. The second-order valence-electron chi connectivity index (χ2n) is 19.5. The van der Waals surface area contributed by atoms with Crippen LogP contribution < -0.4 is 9.80 Å². The van der Waals surface area contributed by atoms with E-state index in [1.54, 1.807) is 0 Å². The minimum atomic E-state index is -0.700. The Morgan fingerprint density at radius 3 is 1.56 bits per heavy atom. The van der Waals surface area contributed by atoms with Gasteiger partial charge in [0, 0.05) is 49.8 Å². The van der Waals surface area contributed by atoms with Crippen LogP contribution in [0.3, 0.4) is 0 Å². The maximum absolute atomic E-state index is 5.55. The molecule has 1 aromatic heterocycles. The molecule has 0 amide bonds. The fourth-order valence-corrected chi connectivity index (χ4v) is 13.1. The van der Waals surface area contributed by atoms with E-state index in [4.69, 9.17) is 12.6 Å². The van der Waals surface area contributed by atoms with Gasteiger partial charge in [0.2, 0.25) is 0 Å². The molecule has 3 aliphatic carbocycles. The maximum atomic E-state index is 5.55. The van der Waals surface area contributed by atoms with Crippen LogP contribution in [0.5, 0.6) is 0 Å². The molecule has 0 spiro atoms. The molecule has 14 rings (SSSR count). The van der Waals surface area contributed by atoms with Crippen molar-refractivity contribution in [3.05, 3.63) is 282 Å². The maximum Gasteiger partial charge on any atom is 0.0788 e. The monoisotopic (exact) mass is 953 g/mol. The highest BCUT2D eigenvalue weighted by molar-refractivity contribution is 7.84. The van der Waals surface area contributed by atoms with Crippen molar-refractivity contribution >= 4 is 90.1 Å². The van der Waals surface area contributed by atoms with Crippen LogP contribution in [0, 0.1) is 0 Å². The lowest BCUT2D eigenvalue weighted by molar-refractivity contribution is 0.686. The average molecular weight is 954 g/mol. The molecule has 1 heterocycles. The first-order valence-corrected chi connectivity index (χ1v) is 26.1. The minimum Gasteiger partial charge on any atom is -0.310 e. The zero-order chi connectivity index (χ0) is 48.5. The number of benzene rings is 10. The number of rotatable bonds is 9. The summed E-state index contributed by atoms with van der Waals surface area (Å²) in [6.45, 7) is 0. The summed E-state index contributed by atoms with van der Waals surface area (Å²) in [7, 11) is 0. The van der Waals surface area contributed by atoms with Crippen molar-refractivity contribution in [2.24, 2.45) is 0 Å². The molecule has 73 heavy (non-hydrogen) atoms. The fourth-order valence-electron chi connectivity index (χ4n) is 12.7. The quantitative estimate of drug-likeness (QED) is 0.114. The highest BCUT2D eigenvalue weighted by Crippen LogP contribution is 2.66. The molecule has 0 saturated heterocycles. The van der Waals surface area contributed by atoms with Crippen LogP contribution in [-0.2, 0) is 5.41 Å². The lowest BCUT2D eigenvalue weighted by atomic mass is 9.63. The largest absolute Gasteiger partial charge is 0.310 e. The molecule has 3 aliphatic rings. The van der Waals surface area contributed by atoms with Gasteiger partial charge in [-0.2, -0.15) is 0 Å². The van der Waals surface area contributed by atoms with Gasteiger partial charge in [-0.1, -0.05) is 170 Å². The minimum absolute atomic E-state index is 0.700. The first-order chi connectivity index (χ1) is 36.2. The standard InChI is InChI=1S/C69H51N3S/c73-63-42-24-23-41-59(63)69(47-25-7-1-8-26-47)60-46-62(71(50-31-13-4-14-32-50)51-33-15-5-16-34-51)68-65(66(60)64-56-39-21-19-37-54(56)55-38-20-22-40-57(55)67(64)69)58-45-53(43-44-61(58)72(68)52-35-17-6-18-36-52)70(48-27-9-2-10-28-48)49-29-11-3-12-30-49/h2-7,9-22,24-40,42-46,73H,1,8,23,41H2. The van der Waals surface area contributed by atoms with E-state index in [1.165, 1.54) is 65.7 Å². The van der Waals surface area contributed by atoms with E-state index in [0.29, 0.717) is 0 Å². The van der Waals surface area contributed by atoms with Crippen LogP contribution in [-0.4, -0.2) is 4.57 Å². The first kappa shape index (κ1) is 43.2. The number of hydrogen-bond donors (Lipinski definition) is 1. The van der Waals surface area contributed by atoms with Crippen molar-refractivity contribution < 1.29 is 0 Å². The molecule has 3 nitrogen and oxygen atoms in total. The zero-order valence-electron chi connectivity index (χ0n) is 40.4. The summed E-state index contributed by atoms with van der Waals surface area (Å²) >= 11 is 5.55. The van der Waals surface area contributed by atoms with Crippen LogP contribution >= 0.6 is 12.6 Å². The number of para-hydroxylation sites is 5. The van der Waals surface area contributed by atoms with Crippen molar-refractivity contribution in [1.82, 2.24) is 4.57 Å². The molecule has 0 saturated carbocycles. The van der Waals surface area contributed by atoms with Gasteiger partial charge in [-0.05, 0) is 166 Å². The van der Waals surface area contributed by atoms with E-state index in [1.807, 2.05) is 0 Å². The van der Waals surface area contributed by atoms with Crippen LogP contribution in [0.25, 0.3) is 60.2 Å². The van der Waals surface area contributed by atoms with Crippen LogP contribution in [0.4, 0.5) is 34.1 Å².